The van der Waals surface area contributed by atoms with E-state index in [1.807, 2.05) is 6.07 Å². The molecular weight excluding hydrogens is 316 g/mol. The molecule has 1 atom stereocenters. The summed E-state index contributed by atoms with van der Waals surface area (Å²) in [6.07, 6.45) is 2.61. The minimum atomic E-state index is 0.554. The Morgan fingerprint density at radius 3 is 2.80 bits per heavy atom. The van der Waals surface area contributed by atoms with Crippen molar-refractivity contribution in [2.45, 2.75) is 45.3 Å². The molecule has 112 valence electrons. The fourth-order valence-corrected chi connectivity index (χ4v) is 3.28. The van der Waals surface area contributed by atoms with E-state index in [9.17, 15) is 0 Å². The molecule has 4 heteroatoms. The van der Waals surface area contributed by atoms with Gasteiger partial charge < -0.3 is 10.1 Å². The minimum Gasteiger partial charge on any atom is -0.496 e. The van der Waals surface area contributed by atoms with Crippen molar-refractivity contribution < 1.29 is 4.74 Å². The van der Waals surface area contributed by atoms with Gasteiger partial charge in [0.2, 0.25) is 0 Å². The van der Waals surface area contributed by atoms with E-state index < -0.39 is 0 Å². The fraction of sp³-hybridized carbons (Fsp3) is 0.625. The second-order valence-electron chi connectivity index (χ2n) is 5.79. The Morgan fingerprint density at radius 1 is 1.45 bits per heavy atom. The van der Waals surface area contributed by atoms with E-state index in [0.29, 0.717) is 12.1 Å². The van der Waals surface area contributed by atoms with E-state index in [-0.39, 0.29) is 0 Å². The molecule has 1 aliphatic heterocycles. The SMILES string of the molecule is COc1ccc(CN(CC2CCCN2)C(C)C)cc1Br. The number of benzene rings is 1. The first kappa shape index (κ1) is 15.8. The van der Waals surface area contributed by atoms with Crippen LogP contribution in [0.2, 0.25) is 0 Å². The lowest BCUT2D eigenvalue weighted by Gasteiger charge is -2.29. The molecule has 1 N–H and O–H groups in total. The van der Waals surface area contributed by atoms with Gasteiger partial charge in [0.25, 0.3) is 0 Å². The molecule has 0 radical (unpaired) electrons. The topological polar surface area (TPSA) is 24.5 Å². The van der Waals surface area contributed by atoms with E-state index in [0.717, 1.165) is 23.3 Å². The van der Waals surface area contributed by atoms with Gasteiger partial charge in [-0.05, 0) is 66.9 Å². The van der Waals surface area contributed by atoms with Gasteiger partial charge in [0, 0.05) is 25.2 Å². The number of nitrogens with one attached hydrogen (secondary N) is 1. The van der Waals surface area contributed by atoms with Crippen molar-refractivity contribution in [1.82, 2.24) is 10.2 Å². The molecular formula is C16H25BrN2O. The highest BCUT2D eigenvalue weighted by molar-refractivity contribution is 9.10. The monoisotopic (exact) mass is 340 g/mol. The maximum atomic E-state index is 5.29. The first-order chi connectivity index (χ1) is 9.60. The van der Waals surface area contributed by atoms with Crippen LogP contribution in [0.3, 0.4) is 0 Å². The molecule has 3 nitrogen and oxygen atoms in total. The van der Waals surface area contributed by atoms with Gasteiger partial charge in [-0.25, -0.2) is 0 Å². The second kappa shape index (κ2) is 7.43. The summed E-state index contributed by atoms with van der Waals surface area (Å²) in [7, 11) is 1.70. The number of hydrogen-bond acceptors (Lipinski definition) is 3. The maximum Gasteiger partial charge on any atom is 0.133 e. The number of rotatable bonds is 6. The zero-order chi connectivity index (χ0) is 14.5. The number of hydrogen-bond donors (Lipinski definition) is 1. The molecule has 20 heavy (non-hydrogen) atoms. The Bertz CT molecular complexity index is 430. The van der Waals surface area contributed by atoms with Crippen LogP contribution in [0, 0.1) is 0 Å². The summed E-state index contributed by atoms with van der Waals surface area (Å²) >= 11 is 3.57. The molecule has 1 aromatic rings. The van der Waals surface area contributed by atoms with Crippen LogP contribution in [-0.2, 0) is 6.54 Å². The van der Waals surface area contributed by atoms with Crippen molar-refractivity contribution in [3.63, 3.8) is 0 Å². The molecule has 1 aromatic carbocycles. The Hall–Kier alpha value is -0.580. The molecule has 0 amide bonds. The summed E-state index contributed by atoms with van der Waals surface area (Å²) in [4.78, 5) is 2.54. The number of halogens is 1. The average Bonchev–Trinajstić information content (AvgIpc) is 2.91. The van der Waals surface area contributed by atoms with Gasteiger partial charge in [0.1, 0.15) is 5.75 Å². The van der Waals surface area contributed by atoms with Crippen LogP contribution in [0.4, 0.5) is 0 Å². The molecule has 1 fully saturated rings. The number of ether oxygens (including phenoxy) is 1. The van der Waals surface area contributed by atoms with Crippen molar-refractivity contribution in [2.75, 3.05) is 20.2 Å². The zero-order valence-corrected chi connectivity index (χ0v) is 14.2. The van der Waals surface area contributed by atoms with E-state index in [1.165, 1.54) is 24.9 Å². The van der Waals surface area contributed by atoms with Crippen molar-refractivity contribution in [3.05, 3.63) is 28.2 Å². The Labute approximate surface area is 130 Å². The lowest BCUT2D eigenvalue weighted by Crippen LogP contribution is -2.40. The predicted octanol–water partition coefficient (Wildman–Crippen LogP) is 3.42. The molecule has 0 spiro atoms. The van der Waals surface area contributed by atoms with E-state index in [4.69, 9.17) is 4.74 Å². The third-order valence-electron chi connectivity index (χ3n) is 3.95. The van der Waals surface area contributed by atoms with Crippen molar-refractivity contribution in [2.24, 2.45) is 0 Å². The van der Waals surface area contributed by atoms with Gasteiger partial charge in [0.05, 0.1) is 11.6 Å². The summed E-state index contributed by atoms with van der Waals surface area (Å²) < 4.78 is 6.32. The first-order valence-corrected chi connectivity index (χ1v) is 8.19. The van der Waals surface area contributed by atoms with Gasteiger partial charge >= 0.3 is 0 Å². The van der Waals surface area contributed by atoms with Gasteiger partial charge in [-0.2, -0.15) is 0 Å². The molecule has 1 saturated heterocycles. The predicted molar refractivity (Wildman–Crippen MR) is 87.3 cm³/mol. The van der Waals surface area contributed by atoms with Crippen molar-refractivity contribution in [3.8, 4) is 5.75 Å². The van der Waals surface area contributed by atoms with Crippen LogP contribution in [0.15, 0.2) is 22.7 Å². The zero-order valence-electron chi connectivity index (χ0n) is 12.7. The maximum absolute atomic E-state index is 5.29. The van der Waals surface area contributed by atoms with E-state index in [1.54, 1.807) is 7.11 Å². The molecule has 2 rings (SSSR count). The lowest BCUT2D eigenvalue weighted by molar-refractivity contribution is 0.194. The number of nitrogens with zero attached hydrogens (tertiary/aromatic N) is 1. The van der Waals surface area contributed by atoms with Gasteiger partial charge in [-0.15, -0.1) is 0 Å². The van der Waals surface area contributed by atoms with E-state index >= 15 is 0 Å². The highest BCUT2D eigenvalue weighted by Crippen LogP contribution is 2.26. The molecule has 0 bridgehead atoms. The van der Waals surface area contributed by atoms with Crippen molar-refractivity contribution in [1.29, 1.82) is 0 Å². The number of methoxy groups -OCH3 is 1. The highest BCUT2D eigenvalue weighted by Gasteiger charge is 2.20. The van der Waals surface area contributed by atoms with Crippen LogP contribution < -0.4 is 10.1 Å². The highest BCUT2D eigenvalue weighted by atomic mass is 79.9. The van der Waals surface area contributed by atoms with Gasteiger partial charge in [-0.1, -0.05) is 6.07 Å². The first-order valence-electron chi connectivity index (χ1n) is 7.40. The quantitative estimate of drug-likeness (QED) is 0.858. The molecule has 0 aliphatic carbocycles. The summed E-state index contributed by atoms with van der Waals surface area (Å²) in [5.41, 5.74) is 1.32. The van der Waals surface area contributed by atoms with Gasteiger partial charge in [-0.3, -0.25) is 4.90 Å². The van der Waals surface area contributed by atoms with Gasteiger partial charge in [0.15, 0.2) is 0 Å². The summed E-state index contributed by atoms with van der Waals surface area (Å²) in [5.74, 6) is 0.891. The molecule has 0 saturated carbocycles. The average molecular weight is 341 g/mol. The van der Waals surface area contributed by atoms with Crippen LogP contribution in [0.1, 0.15) is 32.3 Å². The third kappa shape index (κ3) is 4.21. The Morgan fingerprint density at radius 2 is 2.25 bits per heavy atom. The normalized spacial score (nSPS) is 19.0. The molecule has 1 heterocycles. The summed E-state index contributed by atoms with van der Waals surface area (Å²) in [6, 6.07) is 7.56. The van der Waals surface area contributed by atoms with E-state index in [2.05, 4.69) is 52.1 Å². The molecule has 1 unspecified atom stereocenters. The Kier molecular flexibility index (Phi) is 5.87. The van der Waals surface area contributed by atoms with Crippen LogP contribution in [0.5, 0.6) is 5.75 Å². The minimum absolute atomic E-state index is 0.554. The summed E-state index contributed by atoms with van der Waals surface area (Å²) in [5, 5.41) is 3.59. The largest absolute Gasteiger partial charge is 0.496 e. The Balaban J connectivity index is 2.01. The van der Waals surface area contributed by atoms with Crippen LogP contribution >= 0.6 is 15.9 Å². The molecule has 1 aliphatic rings. The molecule has 0 aromatic heterocycles. The standard InChI is InChI=1S/C16H25BrN2O/c1-12(2)19(11-14-5-4-8-18-14)10-13-6-7-16(20-3)15(17)9-13/h6-7,9,12,14,18H,4-5,8,10-11H2,1-3H3. The second-order valence-corrected chi connectivity index (χ2v) is 6.64. The van der Waals surface area contributed by atoms with Crippen LogP contribution in [-0.4, -0.2) is 37.2 Å². The fourth-order valence-electron chi connectivity index (χ4n) is 2.70. The third-order valence-corrected chi connectivity index (χ3v) is 4.57. The summed E-state index contributed by atoms with van der Waals surface area (Å²) in [6.45, 7) is 7.82. The smallest absolute Gasteiger partial charge is 0.133 e. The van der Waals surface area contributed by atoms with Crippen molar-refractivity contribution >= 4 is 15.9 Å². The van der Waals surface area contributed by atoms with Crippen LogP contribution in [0.25, 0.3) is 0 Å². The lowest BCUT2D eigenvalue weighted by atomic mass is 10.1.